The molecule has 0 unspecified atom stereocenters. The van der Waals surface area contributed by atoms with Crippen LogP contribution in [0.1, 0.15) is 11.1 Å². The molecular weight excluding hydrogens is 464 g/mol. The number of nitrogens with zero attached hydrogens (tertiary/aromatic N) is 4. The van der Waals surface area contributed by atoms with Gasteiger partial charge in [-0.15, -0.1) is 0 Å². The molecule has 0 amide bonds. The van der Waals surface area contributed by atoms with Crippen molar-refractivity contribution in [2.24, 2.45) is 4.99 Å². The average Bonchev–Trinajstić information content (AvgIpc) is 3.19. The van der Waals surface area contributed by atoms with Gasteiger partial charge in [0.1, 0.15) is 5.75 Å². The highest BCUT2D eigenvalue weighted by Gasteiger charge is 2.25. The molecule has 13 heteroatoms. The molecule has 1 heterocycles. The molecule has 0 saturated carbocycles. The van der Waals surface area contributed by atoms with Crippen LogP contribution >= 0.6 is 0 Å². The molecule has 0 aliphatic carbocycles. The lowest BCUT2D eigenvalue weighted by molar-refractivity contribution is -0.394. The molecule has 13 nitrogen and oxygen atoms in total. The summed E-state index contributed by atoms with van der Waals surface area (Å²) in [6.45, 7) is 0. The van der Waals surface area contributed by atoms with Gasteiger partial charge in [0.2, 0.25) is 11.6 Å². The third-order valence-corrected chi connectivity index (χ3v) is 4.68. The Balaban J connectivity index is 1.59. The lowest BCUT2D eigenvalue weighted by Crippen LogP contribution is -2.05. The van der Waals surface area contributed by atoms with Gasteiger partial charge in [-0.3, -0.25) is 30.3 Å². The minimum absolute atomic E-state index is 0.0231. The summed E-state index contributed by atoms with van der Waals surface area (Å²) in [5, 5.41) is 33.0. The average molecular weight is 476 g/mol. The minimum atomic E-state index is -0.795. The molecule has 1 aliphatic rings. The van der Waals surface area contributed by atoms with E-state index < -0.39 is 32.1 Å². The van der Waals surface area contributed by atoms with Crippen molar-refractivity contribution in [1.82, 2.24) is 0 Å². The van der Waals surface area contributed by atoms with E-state index in [1.54, 1.807) is 12.1 Å². The topological polar surface area (TPSA) is 177 Å². The minimum Gasteiger partial charge on any atom is -0.450 e. The number of aliphatic imine (C=N–C) groups is 1. The number of nitro benzene ring substituents is 3. The van der Waals surface area contributed by atoms with E-state index in [9.17, 15) is 35.1 Å². The SMILES string of the molecule is O=C1OC(c2ccc([N+](=O)[O-])cc2)=N/C1=C/c1cccc(Oc2ccc([N+](=O)[O-])cc2[N+](=O)[O-])c1. The van der Waals surface area contributed by atoms with Gasteiger partial charge in [0, 0.05) is 23.8 Å². The molecule has 174 valence electrons. The monoisotopic (exact) mass is 476 g/mol. The second-order valence-corrected chi connectivity index (χ2v) is 6.98. The van der Waals surface area contributed by atoms with Crippen molar-refractivity contribution in [1.29, 1.82) is 0 Å². The van der Waals surface area contributed by atoms with E-state index in [0.717, 1.165) is 18.2 Å². The molecule has 0 saturated heterocycles. The van der Waals surface area contributed by atoms with Gasteiger partial charge in [-0.2, -0.15) is 0 Å². The first-order chi connectivity index (χ1) is 16.7. The molecule has 0 aromatic heterocycles. The number of hydrogen-bond acceptors (Lipinski definition) is 10. The number of cyclic esters (lactones) is 1. The molecule has 0 radical (unpaired) electrons. The smallest absolute Gasteiger partial charge is 0.363 e. The van der Waals surface area contributed by atoms with Crippen LogP contribution in [0.15, 0.2) is 77.4 Å². The highest BCUT2D eigenvalue weighted by atomic mass is 16.6. The summed E-state index contributed by atoms with van der Waals surface area (Å²) in [4.78, 5) is 47.3. The van der Waals surface area contributed by atoms with Gasteiger partial charge in [-0.25, -0.2) is 9.79 Å². The number of carbonyl (C=O) groups is 1. The van der Waals surface area contributed by atoms with Crippen molar-refractivity contribution in [2.45, 2.75) is 0 Å². The van der Waals surface area contributed by atoms with Crippen molar-refractivity contribution in [2.75, 3.05) is 0 Å². The molecular formula is C22H12N4O9. The van der Waals surface area contributed by atoms with E-state index in [1.807, 2.05) is 0 Å². The number of esters is 1. The van der Waals surface area contributed by atoms with Crippen molar-refractivity contribution in [3.8, 4) is 11.5 Å². The summed E-state index contributed by atoms with van der Waals surface area (Å²) in [6.07, 6.45) is 1.40. The molecule has 0 spiro atoms. The van der Waals surface area contributed by atoms with Gasteiger partial charge in [-0.1, -0.05) is 12.1 Å². The highest BCUT2D eigenvalue weighted by molar-refractivity contribution is 6.12. The Labute approximate surface area is 195 Å². The largest absolute Gasteiger partial charge is 0.450 e. The Morgan fingerprint density at radius 3 is 2.17 bits per heavy atom. The molecule has 0 atom stereocenters. The Kier molecular flexibility index (Phi) is 5.96. The Bertz CT molecular complexity index is 1450. The Morgan fingerprint density at radius 1 is 0.829 bits per heavy atom. The van der Waals surface area contributed by atoms with Crippen LogP contribution in [0, 0.1) is 30.3 Å². The van der Waals surface area contributed by atoms with Crippen LogP contribution in [0.25, 0.3) is 6.08 Å². The maximum Gasteiger partial charge on any atom is 0.363 e. The van der Waals surface area contributed by atoms with Crippen molar-refractivity contribution in [3.05, 3.63) is 114 Å². The second kappa shape index (κ2) is 9.19. The highest BCUT2D eigenvalue weighted by Crippen LogP contribution is 2.35. The third kappa shape index (κ3) is 4.98. The molecule has 3 aromatic carbocycles. The van der Waals surface area contributed by atoms with Gasteiger partial charge in [0.05, 0.1) is 20.8 Å². The number of ether oxygens (including phenoxy) is 2. The summed E-state index contributed by atoms with van der Waals surface area (Å²) in [6, 6.07) is 14.5. The van der Waals surface area contributed by atoms with Gasteiger partial charge in [0.15, 0.2) is 5.70 Å². The number of carbonyl (C=O) groups excluding carboxylic acids is 1. The van der Waals surface area contributed by atoms with Crippen LogP contribution in [0.4, 0.5) is 17.1 Å². The zero-order chi connectivity index (χ0) is 25.1. The van der Waals surface area contributed by atoms with E-state index in [2.05, 4.69) is 4.99 Å². The number of rotatable bonds is 7. The zero-order valence-electron chi connectivity index (χ0n) is 17.4. The van der Waals surface area contributed by atoms with E-state index in [4.69, 9.17) is 9.47 Å². The van der Waals surface area contributed by atoms with Crippen LogP contribution < -0.4 is 4.74 Å². The van der Waals surface area contributed by atoms with Crippen LogP contribution in [-0.4, -0.2) is 26.6 Å². The number of non-ortho nitro benzene ring substituents is 2. The number of benzene rings is 3. The van der Waals surface area contributed by atoms with Crippen LogP contribution in [0.5, 0.6) is 11.5 Å². The quantitative estimate of drug-likeness (QED) is 0.205. The molecule has 4 rings (SSSR count). The Morgan fingerprint density at radius 2 is 1.51 bits per heavy atom. The standard InChI is InChI=1S/C22H12N4O9/c27-22-18(23-21(35-22)14-4-6-15(7-5-14)24(28)29)11-13-2-1-3-17(10-13)34-20-9-8-16(25(30)31)12-19(20)26(32)33/h1-12H/b18-11+. The van der Waals surface area contributed by atoms with Crippen molar-refractivity contribution < 1.29 is 29.0 Å². The molecule has 35 heavy (non-hydrogen) atoms. The predicted octanol–water partition coefficient (Wildman–Crippen LogP) is 4.55. The molecule has 0 bridgehead atoms. The fourth-order valence-electron chi connectivity index (χ4n) is 3.06. The fraction of sp³-hybridized carbons (Fsp3) is 0. The van der Waals surface area contributed by atoms with Gasteiger partial charge in [0.25, 0.3) is 11.4 Å². The molecule has 0 N–H and O–H groups in total. The van der Waals surface area contributed by atoms with E-state index in [-0.39, 0.29) is 28.8 Å². The fourth-order valence-corrected chi connectivity index (χ4v) is 3.06. The van der Waals surface area contributed by atoms with E-state index in [0.29, 0.717) is 11.1 Å². The van der Waals surface area contributed by atoms with Crippen molar-refractivity contribution >= 4 is 35.0 Å². The lowest BCUT2D eigenvalue weighted by Gasteiger charge is -2.07. The maximum atomic E-state index is 12.2. The van der Waals surface area contributed by atoms with Crippen LogP contribution in [0.2, 0.25) is 0 Å². The van der Waals surface area contributed by atoms with Crippen molar-refractivity contribution in [3.63, 3.8) is 0 Å². The molecule has 0 fully saturated rings. The summed E-state index contributed by atoms with van der Waals surface area (Å²) in [5.41, 5.74) is -0.386. The van der Waals surface area contributed by atoms with Gasteiger partial charge in [-0.05, 0) is 42.0 Å². The van der Waals surface area contributed by atoms with E-state index >= 15 is 0 Å². The summed E-state index contributed by atoms with van der Waals surface area (Å²) in [5.74, 6) is -0.799. The van der Waals surface area contributed by atoms with Crippen LogP contribution in [0.3, 0.4) is 0 Å². The molecule has 3 aromatic rings. The summed E-state index contributed by atoms with van der Waals surface area (Å²) < 4.78 is 10.7. The van der Waals surface area contributed by atoms with Crippen LogP contribution in [-0.2, 0) is 9.53 Å². The molecule has 1 aliphatic heterocycles. The zero-order valence-corrected chi connectivity index (χ0v) is 17.4. The second-order valence-electron chi connectivity index (χ2n) is 6.98. The normalized spacial score (nSPS) is 13.8. The first-order valence-corrected chi connectivity index (χ1v) is 9.69. The summed E-state index contributed by atoms with van der Waals surface area (Å²) in [7, 11) is 0. The first kappa shape index (κ1) is 22.7. The van der Waals surface area contributed by atoms with Gasteiger partial charge >= 0.3 is 11.7 Å². The first-order valence-electron chi connectivity index (χ1n) is 9.69. The predicted molar refractivity (Wildman–Crippen MR) is 120 cm³/mol. The number of nitro groups is 3. The van der Waals surface area contributed by atoms with Gasteiger partial charge < -0.3 is 9.47 Å². The summed E-state index contributed by atoms with van der Waals surface area (Å²) >= 11 is 0. The number of hydrogen-bond donors (Lipinski definition) is 0. The Hall–Kier alpha value is -5.46. The third-order valence-electron chi connectivity index (χ3n) is 4.68. The lowest BCUT2D eigenvalue weighted by atomic mass is 10.2. The van der Waals surface area contributed by atoms with E-state index in [1.165, 1.54) is 42.5 Å². The maximum absolute atomic E-state index is 12.2.